The Balaban J connectivity index is 0.000000166. The minimum Gasteiger partial charge on any atom is -0.306 e. The van der Waals surface area contributed by atoms with Crippen LogP contribution in [0.5, 0.6) is 5.75 Å². The maximum absolute atomic E-state index is 12.1. The third kappa shape index (κ3) is 6.39. The van der Waals surface area contributed by atoms with Gasteiger partial charge < -0.3 is 9.97 Å². The third-order valence-electron chi connectivity index (χ3n) is 6.06. The zero-order valence-corrected chi connectivity index (χ0v) is 24.4. The lowest BCUT2D eigenvalue weighted by Gasteiger charge is -2.06. The number of aromatic nitrogens is 4. The molecular weight excluding hydrogens is 658 g/mol. The van der Waals surface area contributed by atoms with E-state index in [-0.39, 0.29) is 22.7 Å². The van der Waals surface area contributed by atoms with Crippen molar-refractivity contribution in [3.8, 4) is 28.5 Å². The summed E-state index contributed by atoms with van der Waals surface area (Å²) in [6, 6.07) is 27.0. The molecule has 0 aliphatic heterocycles. The summed E-state index contributed by atoms with van der Waals surface area (Å²) in [5, 5.41) is 9.46. The zero-order chi connectivity index (χ0) is 28.9. The van der Waals surface area contributed by atoms with Crippen LogP contribution in [-0.4, -0.2) is 25.2 Å². The number of halogens is 1. The molecule has 204 valence electrons. The molecule has 0 fully saturated rings. The van der Waals surface area contributed by atoms with Crippen LogP contribution in [0.1, 0.15) is 5.56 Å². The Morgan fingerprint density at radius 3 is 2.07 bits per heavy atom. The Bertz CT molecular complexity index is 2030. The van der Waals surface area contributed by atoms with Crippen molar-refractivity contribution in [1.82, 2.24) is 19.9 Å². The van der Waals surface area contributed by atoms with E-state index in [1.165, 1.54) is 6.07 Å². The van der Waals surface area contributed by atoms with Crippen molar-refractivity contribution in [2.45, 2.75) is 6.92 Å². The van der Waals surface area contributed by atoms with E-state index in [9.17, 15) is 14.2 Å². The van der Waals surface area contributed by atoms with E-state index < -0.39 is 8.25 Å². The van der Waals surface area contributed by atoms with Crippen LogP contribution in [0.3, 0.4) is 0 Å². The van der Waals surface area contributed by atoms with Crippen LogP contribution < -0.4 is 15.6 Å². The Hall–Kier alpha value is -4.29. The number of hydrogen-bond donors (Lipinski definition) is 3. The van der Waals surface area contributed by atoms with Crippen molar-refractivity contribution < 1.29 is 19.0 Å². The van der Waals surface area contributed by atoms with Crippen molar-refractivity contribution in [1.29, 1.82) is 0 Å². The van der Waals surface area contributed by atoms with E-state index in [1.54, 1.807) is 42.5 Å². The summed E-state index contributed by atoms with van der Waals surface area (Å²) in [5.74, 6) is 1.05. The highest BCUT2D eigenvalue weighted by molar-refractivity contribution is 14.1. The molecule has 2 aromatic heterocycles. The van der Waals surface area contributed by atoms with Crippen LogP contribution in [0.25, 0.3) is 44.6 Å². The highest BCUT2D eigenvalue weighted by atomic mass is 127. The summed E-state index contributed by atoms with van der Waals surface area (Å²) in [6.45, 7) is 2.01. The van der Waals surface area contributed by atoms with Crippen LogP contribution in [0, 0.1) is 10.5 Å². The van der Waals surface area contributed by atoms with Gasteiger partial charge in [0.05, 0.1) is 32.0 Å². The molecule has 1 unspecified atom stereocenters. The molecule has 0 aliphatic rings. The molecule has 0 saturated carbocycles. The number of aryl methyl sites for hydroxylation is 1. The van der Waals surface area contributed by atoms with E-state index in [0.717, 1.165) is 20.2 Å². The van der Waals surface area contributed by atoms with Crippen molar-refractivity contribution in [3.05, 3.63) is 121 Å². The Kier molecular flexibility index (Phi) is 8.60. The first kappa shape index (κ1) is 28.2. The molecule has 0 bridgehead atoms. The highest BCUT2D eigenvalue weighted by Gasteiger charge is 2.25. The number of benzene rings is 4. The molecule has 0 saturated heterocycles. The smallest absolute Gasteiger partial charge is 0.306 e. The van der Waals surface area contributed by atoms with Gasteiger partial charge in [0.2, 0.25) is 5.75 Å². The molecule has 0 spiro atoms. The summed E-state index contributed by atoms with van der Waals surface area (Å²) < 4.78 is 20.8. The standard InChI is InChI=1S/C15H11IN2O.C14H9N2O5P/c1-9-4-2-3-5-11(9)14-17-13-7-6-10(16)8-12(13)15(19)18-14;17-14-9-5-1-3-7-11(9)15-13(16-14)10-6-2-4-8-12(10)20-22(19)21-18/h2-8H,1H3,(H,17,18,19);1-8H,(H-,15,16,17,18)/p+1. The number of fused-ring (bicyclic) bond motifs is 2. The van der Waals surface area contributed by atoms with Gasteiger partial charge in [-0.1, -0.05) is 48.5 Å². The Morgan fingerprint density at radius 2 is 1.34 bits per heavy atom. The molecule has 4 aromatic carbocycles. The van der Waals surface area contributed by atoms with Gasteiger partial charge in [0.25, 0.3) is 11.1 Å². The first-order chi connectivity index (χ1) is 19.8. The van der Waals surface area contributed by atoms with Crippen molar-refractivity contribution in [2.75, 3.05) is 0 Å². The van der Waals surface area contributed by atoms with Gasteiger partial charge in [-0.2, -0.15) is 0 Å². The molecule has 0 radical (unpaired) electrons. The van der Waals surface area contributed by atoms with E-state index in [2.05, 4.69) is 47.2 Å². The second-order valence-electron chi connectivity index (χ2n) is 8.72. The predicted octanol–water partition coefficient (Wildman–Crippen LogP) is 6.62. The average Bonchev–Trinajstić information content (AvgIpc) is 2.98. The second kappa shape index (κ2) is 12.5. The number of aromatic amines is 2. The first-order valence-electron chi connectivity index (χ1n) is 12.1. The zero-order valence-electron chi connectivity index (χ0n) is 21.4. The maximum Gasteiger partial charge on any atom is 0.781 e. The molecule has 6 rings (SSSR count). The second-order valence-corrected chi connectivity index (χ2v) is 10.8. The summed E-state index contributed by atoms with van der Waals surface area (Å²) in [4.78, 5) is 38.7. The summed E-state index contributed by atoms with van der Waals surface area (Å²) in [6.07, 6.45) is 0. The number of H-pyrrole nitrogens is 2. The monoisotopic (exact) mass is 679 g/mol. The number of hydrogen-bond acceptors (Lipinski definition) is 8. The Labute approximate surface area is 247 Å². The fourth-order valence-electron chi connectivity index (χ4n) is 4.13. The molecule has 0 amide bonds. The van der Waals surface area contributed by atoms with E-state index in [1.807, 2.05) is 49.4 Å². The van der Waals surface area contributed by atoms with Crippen molar-refractivity contribution in [3.63, 3.8) is 0 Å². The van der Waals surface area contributed by atoms with Crippen LogP contribution in [0.2, 0.25) is 0 Å². The van der Waals surface area contributed by atoms with Crippen LogP contribution in [0.15, 0.2) is 101 Å². The maximum atomic E-state index is 12.1. The van der Waals surface area contributed by atoms with Crippen LogP contribution >= 0.6 is 30.8 Å². The third-order valence-corrected chi connectivity index (χ3v) is 7.21. The van der Waals surface area contributed by atoms with Gasteiger partial charge in [-0.3, -0.25) is 9.59 Å². The molecule has 0 aliphatic carbocycles. The molecule has 3 N–H and O–H groups in total. The number of para-hydroxylation sites is 2. The minimum absolute atomic E-state index is 0.0956. The summed E-state index contributed by atoms with van der Waals surface area (Å²) in [5.41, 5.74) is 3.34. The SMILES string of the molecule is Cc1ccccc1-c1nc2ccc(I)cc2c(=O)[nH]1.O=c1[nH]c(-c2ccccc2O[P+](=O)OO)nc2ccccc12. The van der Waals surface area contributed by atoms with E-state index in [4.69, 9.17) is 9.78 Å². The molecule has 6 aromatic rings. The molecule has 1 atom stereocenters. The summed E-state index contributed by atoms with van der Waals surface area (Å²) >= 11 is 2.19. The molecule has 12 heteroatoms. The van der Waals surface area contributed by atoms with E-state index >= 15 is 0 Å². The van der Waals surface area contributed by atoms with Crippen molar-refractivity contribution >= 4 is 52.7 Å². The largest absolute Gasteiger partial charge is 0.781 e. The van der Waals surface area contributed by atoms with Gasteiger partial charge in [-0.05, 0) is 77.5 Å². The van der Waals surface area contributed by atoms with Gasteiger partial charge >= 0.3 is 8.25 Å². The quantitative estimate of drug-likeness (QED) is 0.0798. The van der Waals surface area contributed by atoms with Gasteiger partial charge in [-0.25, -0.2) is 19.7 Å². The van der Waals surface area contributed by atoms with Gasteiger partial charge in [0.15, 0.2) is 0 Å². The number of nitrogens with zero attached hydrogens (tertiary/aromatic N) is 2. The average molecular weight is 679 g/mol. The van der Waals surface area contributed by atoms with E-state index in [0.29, 0.717) is 27.7 Å². The minimum atomic E-state index is -2.72. The van der Waals surface area contributed by atoms with Gasteiger partial charge in [-0.15, -0.1) is 0 Å². The topological polar surface area (TPSA) is 147 Å². The molecule has 10 nitrogen and oxygen atoms in total. The fraction of sp³-hybridized carbons (Fsp3) is 0.0345. The predicted molar refractivity (Wildman–Crippen MR) is 165 cm³/mol. The normalized spacial score (nSPS) is 11.1. The molecule has 2 heterocycles. The van der Waals surface area contributed by atoms with Crippen molar-refractivity contribution in [2.24, 2.45) is 0 Å². The van der Waals surface area contributed by atoms with Crippen LogP contribution in [0.4, 0.5) is 0 Å². The first-order valence-corrected chi connectivity index (χ1v) is 14.3. The summed E-state index contributed by atoms with van der Waals surface area (Å²) in [7, 11) is -2.72. The fourth-order valence-corrected chi connectivity index (χ4v) is 4.97. The van der Waals surface area contributed by atoms with Gasteiger partial charge in [0.1, 0.15) is 11.6 Å². The lowest BCUT2D eigenvalue weighted by Crippen LogP contribution is -2.10. The molecule has 41 heavy (non-hydrogen) atoms. The van der Waals surface area contributed by atoms with Crippen LogP contribution in [-0.2, 0) is 9.24 Å². The number of rotatable bonds is 5. The number of nitrogens with one attached hydrogen (secondary N) is 2. The Morgan fingerprint density at radius 1 is 0.756 bits per heavy atom. The lowest BCUT2D eigenvalue weighted by atomic mass is 10.1. The highest BCUT2D eigenvalue weighted by Crippen LogP contribution is 2.34. The van der Waals surface area contributed by atoms with Gasteiger partial charge in [0, 0.05) is 13.7 Å². The molecular formula is C29H21IN4O6P+. The lowest BCUT2D eigenvalue weighted by molar-refractivity contribution is -0.137.